The zero-order chi connectivity index (χ0) is 10.0. The van der Waals surface area contributed by atoms with Gasteiger partial charge in [0.2, 0.25) is 0 Å². The van der Waals surface area contributed by atoms with Crippen molar-refractivity contribution in [2.75, 3.05) is 0 Å². The first-order chi connectivity index (χ1) is 6.06. The largest absolute Gasteiger partial charge is 0.321 e. The van der Waals surface area contributed by atoms with Crippen molar-refractivity contribution in [1.82, 2.24) is 0 Å². The third-order valence-corrected chi connectivity index (χ3v) is 1.83. The average Bonchev–Trinajstić information content (AvgIpc) is 2.02. The van der Waals surface area contributed by atoms with Gasteiger partial charge in [-0.25, -0.2) is 0 Å². The Morgan fingerprint density at radius 1 is 1.46 bits per heavy atom. The van der Waals surface area contributed by atoms with Crippen LogP contribution in [0.4, 0.5) is 5.69 Å². The summed E-state index contributed by atoms with van der Waals surface area (Å²) in [4.78, 5) is 14.3. The van der Waals surface area contributed by atoms with Crippen LogP contribution in [0.5, 0.6) is 5.75 Å². The first-order valence-electron chi connectivity index (χ1n) is 3.11. The molecule has 1 aromatic rings. The SMILES string of the molecule is [NH3+]Oc1c(Cl)cc(Cl)cc1[N+](=O)[O-]. The molecule has 7 heteroatoms. The van der Waals surface area contributed by atoms with E-state index in [9.17, 15) is 10.1 Å². The van der Waals surface area contributed by atoms with Crippen LogP contribution >= 0.6 is 23.2 Å². The van der Waals surface area contributed by atoms with E-state index >= 15 is 0 Å². The van der Waals surface area contributed by atoms with E-state index in [2.05, 4.69) is 10.7 Å². The van der Waals surface area contributed by atoms with Crippen molar-refractivity contribution in [1.29, 1.82) is 0 Å². The van der Waals surface area contributed by atoms with Crippen LogP contribution < -0.4 is 10.7 Å². The van der Waals surface area contributed by atoms with Crippen LogP contribution in [0.3, 0.4) is 0 Å². The Morgan fingerprint density at radius 3 is 2.54 bits per heavy atom. The lowest BCUT2D eigenvalue weighted by atomic mass is 10.3. The van der Waals surface area contributed by atoms with Gasteiger partial charge in [0.1, 0.15) is 0 Å². The second-order valence-corrected chi connectivity index (χ2v) is 2.98. The molecule has 0 spiro atoms. The van der Waals surface area contributed by atoms with Crippen molar-refractivity contribution < 1.29 is 15.7 Å². The summed E-state index contributed by atoms with van der Waals surface area (Å²) >= 11 is 11.2. The lowest BCUT2D eigenvalue weighted by Gasteiger charge is -2.00. The van der Waals surface area contributed by atoms with Crippen LogP contribution in [0.2, 0.25) is 10.0 Å². The summed E-state index contributed by atoms with van der Waals surface area (Å²) in [5.41, 5.74) is -0.299. The van der Waals surface area contributed by atoms with Gasteiger partial charge in [0.05, 0.1) is 9.95 Å². The van der Waals surface area contributed by atoms with Gasteiger partial charge in [0.15, 0.2) is 0 Å². The molecule has 5 nitrogen and oxygen atoms in total. The summed E-state index contributed by atoms with van der Waals surface area (Å²) in [6.45, 7) is 0. The van der Waals surface area contributed by atoms with Gasteiger partial charge in [0, 0.05) is 11.1 Å². The molecule has 0 aromatic heterocycles. The Balaban J connectivity index is 3.38. The lowest BCUT2D eigenvalue weighted by Crippen LogP contribution is -2.54. The van der Waals surface area contributed by atoms with E-state index < -0.39 is 4.92 Å². The predicted molar refractivity (Wildman–Crippen MR) is 46.6 cm³/mol. The third kappa shape index (κ3) is 2.00. The minimum Gasteiger partial charge on any atom is -0.311 e. The van der Waals surface area contributed by atoms with Gasteiger partial charge in [-0.3, -0.25) is 10.1 Å². The Labute approximate surface area is 83.1 Å². The number of quaternary nitrogens is 1. The van der Waals surface area contributed by atoms with Crippen LogP contribution in [0, 0.1) is 10.1 Å². The number of nitrogens with zero attached hydrogens (tertiary/aromatic N) is 1. The molecular weight excluding hydrogens is 219 g/mol. The Bertz CT molecular complexity index is 356. The topological polar surface area (TPSA) is 80.0 Å². The summed E-state index contributed by atoms with van der Waals surface area (Å²) in [5, 5.41) is 10.7. The Kier molecular flexibility index (Phi) is 2.92. The molecule has 3 N–H and O–H groups in total. The summed E-state index contributed by atoms with van der Waals surface area (Å²) < 4.78 is 0. The summed E-state index contributed by atoms with van der Waals surface area (Å²) in [6.07, 6.45) is 0. The van der Waals surface area contributed by atoms with Crippen LogP contribution in [0.15, 0.2) is 12.1 Å². The van der Waals surface area contributed by atoms with E-state index in [1.165, 1.54) is 6.07 Å². The highest BCUT2D eigenvalue weighted by molar-refractivity contribution is 6.36. The van der Waals surface area contributed by atoms with Crippen LogP contribution in [-0.4, -0.2) is 4.92 Å². The second-order valence-electron chi connectivity index (χ2n) is 2.14. The van der Waals surface area contributed by atoms with Gasteiger partial charge in [-0.05, 0) is 6.07 Å². The minimum atomic E-state index is -0.641. The minimum absolute atomic E-state index is 0.0641. The van der Waals surface area contributed by atoms with Crippen LogP contribution in [0.1, 0.15) is 0 Å². The average molecular weight is 224 g/mol. The number of nitro benzene ring substituents is 1. The highest BCUT2D eigenvalue weighted by atomic mass is 35.5. The normalized spacial score (nSPS) is 9.77. The van der Waals surface area contributed by atoms with Crippen molar-refractivity contribution in [2.24, 2.45) is 0 Å². The molecule has 0 saturated heterocycles. The smallest absolute Gasteiger partial charge is 0.311 e. The molecule has 0 aliphatic heterocycles. The predicted octanol–water partition coefficient (Wildman–Crippen LogP) is 1.44. The van der Waals surface area contributed by atoms with Crippen LogP contribution in [0.25, 0.3) is 0 Å². The Morgan fingerprint density at radius 2 is 2.08 bits per heavy atom. The van der Waals surface area contributed by atoms with E-state index in [1.54, 1.807) is 0 Å². The molecule has 0 aliphatic carbocycles. The van der Waals surface area contributed by atoms with Gasteiger partial charge in [0.25, 0.3) is 5.75 Å². The maximum absolute atomic E-state index is 10.5. The molecule has 0 saturated carbocycles. The molecule has 0 heterocycles. The van der Waals surface area contributed by atoms with Crippen molar-refractivity contribution in [3.05, 3.63) is 32.3 Å². The molecule has 13 heavy (non-hydrogen) atoms. The second kappa shape index (κ2) is 3.78. The van der Waals surface area contributed by atoms with E-state index in [1.807, 2.05) is 0 Å². The number of hydrogen-bond donors (Lipinski definition) is 1. The molecule has 0 amide bonds. The Hall–Kier alpha value is -1.04. The van der Waals surface area contributed by atoms with Crippen molar-refractivity contribution in [2.45, 2.75) is 0 Å². The fraction of sp³-hybridized carbons (Fsp3) is 0. The van der Waals surface area contributed by atoms with E-state index in [4.69, 9.17) is 23.2 Å². The highest BCUT2D eigenvalue weighted by Crippen LogP contribution is 2.36. The van der Waals surface area contributed by atoms with Gasteiger partial charge in [-0.15, -0.1) is 0 Å². The van der Waals surface area contributed by atoms with Crippen molar-refractivity contribution in [3.8, 4) is 5.75 Å². The molecule has 1 rings (SSSR count). The molecule has 0 unspecified atom stereocenters. The highest BCUT2D eigenvalue weighted by Gasteiger charge is 2.21. The maximum atomic E-state index is 10.5. The number of rotatable bonds is 2. The number of halogens is 2. The number of nitro groups is 1. The first-order valence-corrected chi connectivity index (χ1v) is 3.87. The molecular formula is C6H5Cl2N2O3+. The quantitative estimate of drug-likeness (QED) is 0.609. The zero-order valence-electron chi connectivity index (χ0n) is 6.29. The van der Waals surface area contributed by atoms with Gasteiger partial charge >= 0.3 is 5.69 Å². The molecule has 70 valence electrons. The van der Waals surface area contributed by atoms with Crippen molar-refractivity contribution >= 4 is 28.9 Å². The summed E-state index contributed by atoms with van der Waals surface area (Å²) in [5.74, 6) is 2.97. The van der Waals surface area contributed by atoms with Crippen LogP contribution in [-0.2, 0) is 0 Å². The summed E-state index contributed by atoms with van der Waals surface area (Å²) in [7, 11) is 0. The van der Waals surface area contributed by atoms with E-state index in [0.29, 0.717) is 0 Å². The fourth-order valence-corrected chi connectivity index (χ4v) is 1.36. The zero-order valence-corrected chi connectivity index (χ0v) is 7.80. The van der Waals surface area contributed by atoms with Gasteiger partial charge < -0.3 is 4.84 Å². The maximum Gasteiger partial charge on any atom is 0.321 e. The molecule has 1 aromatic carbocycles. The summed E-state index contributed by atoms with van der Waals surface area (Å²) in [6, 6.07) is 2.49. The molecule has 0 radical (unpaired) electrons. The number of hydrogen-bond acceptors (Lipinski definition) is 3. The molecule has 0 atom stereocenters. The molecule has 0 bridgehead atoms. The fourth-order valence-electron chi connectivity index (χ4n) is 0.825. The van der Waals surface area contributed by atoms with E-state index in [-0.39, 0.29) is 21.5 Å². The monoisotopic (exact) mass is 223 g/mol. The molecule has 0 aliphatic rings. The van der Waals surface area contributed by atoms with E-state index in [0.717, 1.165) is 6.07 Å². The van der Waals surface area contributed by atoms with Gasteiger partial charge in [-0.2, -0.15) is 5.90 Å². The van der Waals surface area contributed by atoms with Gasteiger partial charge in [-0.1, -0.05) is 23.2 Å². The standard InChI is InChI=1S/C6H5Cl2N2O3/c7-3-1-4(8)6(13-9)5(2-3)10(11)12/h1-2H,9H3/q+1. The van der Waals surface area contributed by atoms with Crippen molar-refractivity contribution in [3.63, 3.8) is 0 Å². The lowest BCUT2D eigenvalue weighted by molar-refractivity contribution is -0.636. The molecule has 0 fully saturated rings. The third-order valence-electron chi connectivity index (χ3n) is 1.33. The first kappa shape index (κ1) is 10.0. The number of benzene rings is 1.